The molecule has 1 aliphatic rings. The van der Waals surface area contributed by atoms with E-state index >= 15 is 0 Å². The van der Waals surface area contributed by atoms with E-state index in [1.165, 1.54) is 34.8 Å². The van der Waals surface area contributed by atoms with Crippen LogP contribution in [0.15, 0.2) is 58.5 Å². The fourth-order valence-corrected chi connectivity index (χ4v) is 4.97. The van der Waals surface area contributed by atoms with Crippen molar-refractivity contribution < 1.29 is 17.9 Å². The minimum absolute atomic E-state index is 0.111. The van der Waals surface area contributed by atoms with Crippen LogP contribution in [0.3, 0.4) is 0 Å². The van der Waals surface area contributed by atoms with Gasteiger partial charge in [0.25, 0.3) is 5.91 Å². The lowest BCUT2D eigenvalue weighted by atomic mass is 10.2. The average molecular weight is 464 g/mol. The zero-order valence-corrected chi connectivity index (χ0v) is 19.1. The van der Waals surface area contributed by atoms with Gasteiger partial charge in [0, 0.05) is 11.6 Å². The number of ether oxygens (including phenoxy) is 1. The summed E-state index contributed by atoms with van der Waals surface area (Å²) in [5.74, 6) is 0.752. The predicted octanol–water partition coefficient (Wildman–Crippen LogP) is 3.68. The van der Waals surface area contributed by atoms with Gasteiger partial charge in [0.15, 0.2) is 0 Å². The van der Waals surface area contributed by atoms with Gasteiger partial charge in [-0.05, 0) is 72.9 Å². The SMILES string of the molecule is CC(C)COc1ccc(/C=N\NC(=O)[C@@H]2CCCN2S(=O)(=O)c2ccc(Cl)cc2)cc1. The van der Waals surface area contributed by atoms with Gasteiger partial charge in [-0.3, -0.25) is 4.79 Å². The normalized spacial score (nSPS) is 17.4. The van der Waals surface area contributed by atoms with Gasteiger partial charge in [0.05, 0.1) is 17.7 Å². The first-order chi connectivity index (χ1) is 14.8. The van der Waals surface area contributed by atoms with Crippen LogP contribution in [0.4, 0.5) is 0 Å². The Kier molecular flexibility index (Phi) is 7.69. The largest absolute Gasteiger partial charge is 0.493 e. The van der Waals surface area contributed by atoms with Gasteiger partial charge >= 0.3 is 0 Å². The Balaban J connectivity index is 1.61. The highest BCUT2D eigenvalue weighted by molar-refractivity contribution is 7.89. The first-order valence-electron chi connectivity index (χ1n) is 10.1. The van der Waals surface area contributed by atoms with Crippen molar-refractivity contribution in [2.45, 2.75) is 37.6 Å². The van der Waals surface area contributed by atoms with Crippen molar-refractivity contribution in [1.82, 2.24) is 9.73 Å². The Labute approximate surface area is 188 Å². The first-order valence-corrected chi connectivity index (χ1v) is 11.9. The van der Waals surface area contributed by atoms with Crippen LogP contribution in [0.25, 0.3) is 0 Å². The number of nitrogens with zero attached hydrogens (tertiary/aromatic N) is 2. The van der Waals surface area contributed by atoms with Crippen LogP contribution >= 0.6 is 11.6 Å². The van der Waals surface area contributed by atoms with Crippen LogP contribution in [0.2, 0.25) is 5.02 Å². The van der Waals surface area contributed by atoms with Gasteiger partial charge in [-0.1, -0.05) is 25.4 Å². The van der Waals surface area contributed by atoms with E-state index in [1.54, 1.807) is 0 Å². The van der Waals surface area contributed by atoms with E-state index in [4.69, 9.17) is 16.3 Å². The second-order valence-corrected chi connectivity index (χ2v) is 10.1. The molecule has 1 heterocycles. The maximum absolute atomic E-state index is 12.9. The number of benzene rings is 2. The molecule has 0 radical (unpaired) electrons. The zero-order valence-electron chi connectivity index (χ0n) is 17.5. The Morgan fingerprint density at radius 3 is 2.55 bits per heavy atom. The van der Waals surface area contributed by atoms with Crippen molar-refractivity contribution in [2.24, 2.45) is 11.0 Å². The molecule has 2 aromatic rings. The number of rotatable bonds is 8. The van der Waals surface area contributed by atoms with E-state index in [1.807, 2.05) is 24.3 Å². The van der Waals surface area contributed by atoms with Crippen LogP contribution < -0.4 is 10.2 Å². The third kappa shape index (κ3) is 6.06. The molecular formula is C22H26ClN3O4S. The summed E-state index contributed by atoms with van der Waals surface area (Å²) in [5.41, 5.74) is 3.25. The minimum Gasteiger partial charge on any atom is -0.493 e. The topological polar surface area (TPSA) is 88.1 Å². The lowest BCUT2D eigenvalue weighted by Gasteiger charge is -2.22. The van der Waals surface area contributed by atoms with Gasteiger partial charge in [-0.15, -0.1) is 0 Å². The number of nitrogens with one attached hydrogen (secondary N) is 1. The summed E-state index contributed by atoms with van der Waals surface area (Å²) >= 11 is 5.85. The molecule has 166 valence electrons. The van der Waals surface area contributed by atoms with Crippen molar-refractivity contribution in [2.75, 3.05) is 13.2 Å². The van der Waals surface area contributed by atoms with Crippen LogP contribution in [0, 0.1) is 5.92 Å². The maximum Gasteiger partial charge on any atom is 0.258 e. The number of carbonyl (C=O) groups excluding carboxylic acids is 1. The van der Waals surface area contributed by atoms with Gasteiger partial charge in [-0.2, -0.15) is 9.41 Å². The van der Waals surface area contributed by atoms with E-state index in [2.05, 4.69) is 24.4 Å². The van der Waals surface area contributed by atoms with E-state index in [0.717, 1.165) is 11.3 Å². The monoisotopic (exact) mass is 463 g/mol. The first kappa shape index (κ1) is 23.2. The van der Waals surface area contributed by atoms with E-state index in [9.17, 15) is 13.2 Å². The summed E-state index contributed by atoms with van der Waals surface area (Å²) in [6.45, 7) is 5.08. The highest BCUT2D eigenvalue weighted by Crippen LogP contribution is 2.27. The maximum atomic E-state index is 12.9. The van der Waals surface area contributed by atoms with Crippen LogP contribution in [0.1, 0.15) is 32.3 Å². The third-order valence-corrected chi connectivity index (χ3v) is 6.95. The van der Waals surface area contributed by atoms with E-state index < -0.39 is 22.0 Å². The zero-order chi connectivity index (χ0) is 22.4. The smallest absolute Gasteiger partial charge is 0.258 e. The summed E-state index contributed by atoms with van der Waals surface area (Å²) in [5, 5.41) is 4.43. The third-order valence-electron chi connectivity index (χ3n) is 4.78. The second-order valence-electron chi connectivity index (χ2n) is 7.74. The lowest BCUT2D eigenvalue weighted by molar-refractivity contribution is -0.124. The molecule has 0 aliphatic carbocycles. The molecule has 1 aliphatic heterocycles. The molecule has 1 atom stereocenters. The number of carbonyl (C=O) groups is 1. The standard InChI is InChI=1S/C22H26ClN3O4S/c1-16(2)15-30-19-9-5-17(6-10-19)14-24-25-22(27)21-4-3-13-26(21)31(28,29)20-11-7-18(23)8-12-20/h5-12,14,16,21H,3-4,13,15H2,1-2H3,(H,25,27)/b24-14-/t21-/m0/s1. The van der Waals surface area contributed by atoms with Gasteiger partial charge in [0.2, 0.25) is 10.0 Å². The molecule has 0 saturated carbocycles. The summed E-state index contributed by atoms with van der Waals surface area (Å²) in [6, 6.07) is 12.5. The van der Waals surface area contributed by atoms with Gasteiger partial charge < -0.3 is 4.74 Å². The Bertz CT molecular complexity index is 1020. The van der Waals surface area contributed by atoms with Crippen molar-refractivity contribution in [1.29, 1.82) is 0 Å². The van der Waals surface area contributed by atoms with Crippen LogP contribution in [-0.2, 0) is 14.8 Å². The summed E-state index contributed by atoms with van der Waals surface area (Å²) in [4.78, 5) is 12.7. The fraction of sp³-hybridized carbons (Fsp3) is 0.364. The summed E-state index contributed by atoms with van der Waals surface area (Å²) in [6.07, 6.45) is 2.56. The minimum atomic E-state index is -3.80. The van der Waals surface area contributed by atoms with E-state index in [-0.39, 0.29) is 11.4 Å². The molecule has 2 aromatic carbocycles. The fourth-order valence-electron chi connectivity index (χ4n) is 3.19. The lowest BCUT2D eigenvalue weighted by Crippen LogP contribution is -2.44. The quantitative estimate of drug-likeness (QED) is 0.477. The molecule has 0 bridgehead atoms. The van der Waals surface area contributed by atoms with Crippen molar-refractivity contribution in [3.05, 3.63) is 59.1 Å². The average Bonchev–Trinajstić information content (AvgIpc) is 3.24. The van der Waals surface area contributed by atoms with Crippen LogP contribution in [-0.4, -0.2) is 44.0 Å². The predicted molar refractivity (Wildman–Crippen MR) is 121 cm³/mol. The Morgan fingerprint density at radius 1 is 1.23 bits per heavy atom. The highest BCUT2D eigenvalue weighted by Gasteiger charge is 2.39. The second kappa shape index (κ2) is 10.3. The Hall–Kier alpha value is -2.42. The molecule has 1 N–H and O–H groups in total. The number of halogens is 1. The number of hydrazone groups is 1. The molecule has 1 saturated heterocycles. The van der Waals surface area contributed by atoms with Crippen molar-refractivity contribution in [3.8, 4) is 5.75 Å². The molecule has 0 aromatic heterocycles. The molecule has 31 heavy (non-hydrogen) atoms. The molecule has 7 nitrogen and oxygen atoms in total. The number of hydrogen-bond donors (Lipinski definition) is 1. The van der Waals surface area contributed by atoms with Crippen molar-refractivity contribution in [3.63, 3.8) is 0 Å². The molecular weight excluding hydrogens is 438 g/mol. The number of sulfonamides is 1. The van der Waals surface area contributed by atoms with Crippen LogP contribution in [0.5, 0.6) is 5.75 Å². The summed E-state index contributed by atoms with van der Waals surface area (Å²) < 4.78 is 32.7. The highest BCUT2D eigenvalue weighted by atomic mass is 35.5. The Morgan fingerprint density at radius 2 is 1.90 bits per heavy atom. The van der Waals surface area contributed by atoms with E-state index in [0.29, 0.717) is 30.4 Å². The van der Waals surface area contributed by atoms with Gasteiger partial charge in [0.1, 0.15) is 11.8 Å². The number of amides is 1. The summed E-state index contributed by atoms with van der Waals surface area (Å²) in [7, 11) is -3.80. The molecule has 0 spiro atoms. The van der Waals surface area contributed by atoms with Gasteiger partial charge in [-0.25, -0.2) is 13.8 Å². The molecule has 0 unspecified atom stereocenters. The number of hydrogen-bond acceptors (Lipinski definition) is 5. The molecule has 1 amide bonds. The molecule has 9 heteroatoms. The molecule has 1 fully saturated rings. The molecule has 3 rings (SSSR count). The van der Waals surface area contributed by atoms with Crippen molar-refractivity contribution >= 4 is 33.7 Å².